The molecule has 0 radical (unpaired) electrons. The standard InChI is InChI=1S/C14H13N5O2/c20-13(16-8-11-3-1-5-15-7-11)9-19-14(21)12-4-2-6-18(12)10-17-19/h1-7,10H,8-9H2,(H,16,20). The fourth-order valence-electron chi connectivity index (χ4n) is 1.99. The van der Waals surface area contributed by atoms with Crippen molar-refractivity contribution in [3.8, 4) is 0 Å². The molecule has 0 aliphatic carbocycles. The molecule has 106 valence electrons. The molecule has 0 unspecified atom stereocenters. The number of aromatic nitrogens is 4. The number of hydrogen-bond acceptors (Lipinski definition) is 4. The van der Waals surface area contributed by atoms with Crippen LogP contribution in [0.1, 0.15) is 5.56 Å². The Kier molecular flexibility index (Phi) is 3.46. The second-order valence-electron chi connectivity index (χ2n) is 4.53. The largest absolute Gasteiger partial charge is 0.350 e. The van der Waals surface area contributed by atoms with Crippen molar-refractivity contribution in [3.05, 3.63) is 65.1 Å². The fourth-order valence-corrected chi connectivity index (χ4v) is 1.99. The molecular formula is C14H13N5O2. The average Bonchev–Trinajstić information content (AvgIpc) is 2.98. The zero-order valence-corrected chi connectivity index (χ0v) is 11.1. The summed E-state index contributed by atoms with van der Waals surface area (Å²) in [6.07, 6.45) is 6.58. The highest BCUT2D eigenvalue weighted by molar-refractivity contribution is 5.75. The molecule has 0 spiro atoms. The van der Waals surface area contributed by atoms with Gasteiger partial charge in [0, 0.05) is 25.1 Å². The van der Waals surface area contributed by atoms with Gasteiger partial charge in [0.05, 0.1) is 0 Å². The molecule has 3 aromatic rings. The SMILES string of the molecule is O=C(Cn1ncn2cccc2c1=O)NCc1cccnc1. The maximum Gasteiger partial charge on any atom is 0.291 e. The maximum atomic E-state index is 12.1. The van der Waals surface area contributed by atoms with Crippen molar-refractivity contribution in [3.63, 3.8) is 0 Å². The van der Waals surface area contributed by atoms with E-state index in [4.69, 9.17) is 0 Å². The molecule has 21 heavy (non-hydrogen) atoms. The van der Waals surface area contributed by atoms with Crippen LogP contribution in [0.25, 0.3) is 5.52 Å². The summed E-state index contributed by atoms with van der Waals surface area (Å²) in [5.74, 6) is -0.274. The van der Waals surface area contributed by atoms with Crippen molar-refractivity contribution in [1.82, 2.24) is 24.5 Å². The van der Waals surface area contributed by atoms with E-state index in [-0.39, 0.29) is 18.0 Å². The number of fused-ring (bicyclic) bond motifs is 1. The van der Waals surface area contributed by atoms with Crippen LogP contribution < -0.4 is 10.9 Å². The van der Waals surface area contributed by atoms with E-state index >= 15 is 0 Å². The number of carbonyl (C=O) groups is 1. The predicted molar refractivity (Wildman–Crippen MR) is 75.5 cm³/mol. The van der Waals surface area contributed by atoms with Crippen LogP contribution in [0.2, 0.25) is 0 Å². The topological polar surface area (TPSA) is 81.3 Å². The monoisotopic (exact) mass is 283 g/mol. The third kappa shape index (κ3) is 2.81. The van der Waals surface area contributed by atoms with Gasteiger partial charge in [-0.05, 0) is 23.8 Å². The molecule has 1 N–H and O–H groups in total. The molecule has 0 aliphatic heterocycles. The van der Waals surface area contributed by atoms with Crippen molar-refractivity contribution < 1.29 is 4.79 Å². The highest BCUT2D eigenvalue weighted by Gasteiger charge is 2.08. The van der Waals surface area contributed by atoms with E-state index in [1.807, 2.05) is 6.07 Å². The zero-order valence-electron chi connectivity index (χ0n) is 11.1. The minimum atomic E-state index is -0.293. The molecule has 3 rings (SSSR count). The highest BCUT2D eigenvalue weighted by atomic mass is 16.2. The number of amides is 1. The van der Waals surface area contributed by atoms with Crippen LogP contribution in [0.15, 0.2) is 54.0 Å². The summed E-state index contributed by atoms with van der Waals surface area (Å²) in [4.78, 5) is 27.9. The first-order chi connectivity index (χ1) is 10.2. The molecule has 0 fully saturated rings. The Hall–Kier alpha value is -2.96. The van der Waals surface area contributed by atoms with Gasteiger partial charge in [-0.2, -0.15) is 5.10 Å². The lowest BCUT2D eigenvalue weighted by Gasteiger charge is -2.06. The lowest BCUT2D eigenvalue weighted by Crippen LogP contribution is -2.33. The van der Waals surface area contributed by atoms with E-state index in [0.717, 1.165) is 10.2 Å². The zero-order chi connectivity index (χ0) is 14.7. The lowest BCUT2D eigenvalue weighted by atomic mass is 10.3. The molecule has 3 aromatic heterocycles. The molecule has 7 heteroatoms. The number of hydrogen-bond donors (Lipinski definition) is 1. The summed E-state index contributed by atoms with van der Waals surface area (Å²) < 4.78 is 2.76. The molecule has 0 aliphatic rings. The predicted octanol–water partition coefficient (Wildman–Crippen LogP) is 0.207. The number of pyridine rings is 1. The Balaban J connectivity index is 1.69. The third-order valence-corrected chi connectivity index (χ3v) is 3.05. The van der Waals surface area contributed by atoms with Gasteiger partial charge in [-0.1, -0.05) is 6.07 Å². The van der Waals surface area contributed by atoms with Crippen molar-refractivity contribution in [2.75, 3.05) is 0 Å². The van der Waals surface area contributed by atoms with Gasteiger partial charge in [0.15, 0.2) is 0 Å². The van der Waals surface area contributed by atoms with Gasteiger partial charge in [0.2, 0.25) is 5.91 Å². The van der Waals surface area contributed by atoms with Gasteiger partial charge in [-0.3, -0.25) is 14.6 Å². The molecular weight excluding hydrogens is 270 g/mol. The summed E-state index contributed by atoms with van der Waals surface area (Å²) in [6, 6.07) is 7.11. The maximum absolute atomic E-state index is 12.1. The Morgan fingerprint density at radius 3 is 3.00 bits per heavy atom. The normalized spacial score (nSPS) is 10.7. The van der Waals surface area contributed by atoms with Crippen LogP contribution in [0.5, 0.6) is 0 Å². The molecule has 3 heterocycles. The first kappa shape index (κ1) is 13.0. The Morgan fingerprint density at radius 1 is 1.29 bits per heavy atom. The number of nitrogens with one attached hydrogen (secondary N) is 1. The summed E-state index contributed by atoms with van der Waals surface area (Å²) in [5, 5.41) is 6.70. The Labute approximate surface area is 119 Å². The van der Waals surface area contributed by atoms with Crippen molar-refractivity contribution in [2.45, 2.75) is 13.1 Å². The Bertz CT molecular complexity index is 822. The van der Waals surface area contributed by atoms with Crippen LogP contribution in [-0.2, 0) is 17.9 Å². The van der Waals surface area contributed by atoms with E-state index < -0.39 is 0 Å². The third-order valence-electron chi connectivity index (χ3n) is 3.05. The van der Waals surface area contributed by atoms with Crippen molar-refractivity contribution >= 4 is 11.4 Å². The second-order valence-corrected chi connectivity index (χ2v) is 4.53. The van der Waals surface area contributed by atoms with Crippen LogP contribution >= 0.6 is 0 Å². The quantitative estimate of drug-likeness (QED) is 0.742. The molecule has 0 saturated heterocycles. The van der Waals surface area contributed by atoms with E-state index in [9.17, 15) is 9.59 Å². The summed E-state index contributed by atoms with van der Waals surface area (Å²) in [6.45, 7) is 0.259. The van der Waals surface area contributed by atoms with Gasteiger partial charge in [-0.25, -0.2) is 4.68 Å². The van der Waals surface area contributed by atoms with E-state index in [0.29, 0.717) is 12.1 Å². The second kappa shape index (κ2) is 5.58. The van der Waals surface area contributed by atoms with Gasteiger partial charge >= 0.3 is 0 Å². The van der Waals surface area contributed by atoms with Crippen molar-refractivity contribution in [1.29, 1.82) is 0 Å². The van der Waals surface area contributed by atoms with E-state index in [1.54, 1.807) is 41.2 Å². The molecule has 0 aromatic carbocycles. The van der Waals surface area contributed by atoms with Gasteiger partial charge in [-0.15, -0.1) is 0 Å². The lowest BCUT2D eigenvalue weighted by molar-refractivity contribution is -0.122. The van der Waals surface area contributed by atoms with Crippen molar-refractivity contribution in [2.24, 2.45) is 0 Å². The number of carbonyl (C=O) groups excluding carboxylic acids is 1. The number of nitrogens with zero attached hydrogens (tertiary/aromatic N) is 4. The van der Waals surface area contributed by atoms with E-state index in [2.05, 4.69) is 15.4 Å². The summed E-state index contributed by atoms with van der Waals surface area (Å²) in [7, 11) is 0. The fraction of sp³-hybridized carbons (Fsp3) is 0.143. The van der Waals surface area contributed by atoms with Gasteiger partial charge in [0.1, 0.15) is 18.4 Å². The van der Waals surface area contributed by atoms with Crippen LogP contribution in [0.4, 0.5) is 0 Å². The smallest absolute Gasteiger partial charge is 0.291 e. The van der Waals surface area contributed by atoms with Gasteiger partial charge < -0.3 is 9.72 Å². The Morgan fingerprint density at radius 2 is 2.19 bits per heavy atom. The minimum absolute atomic E-state index is 0.110. The highest BCUT2D eigenvalue weighted by Crippen LogP contribution is 1.96. The first-order valence-electron chi connectivity index (χ1n) is 6.42. The molecule has 0 saturated carbocycles. The summed E-state index contributed by atoms with van der Waals surface area (Å²) >= 11 is 0. The molecule has 1 amide bonds. The number of rotatable bonds is 4. The van der Waals surface area contributed by atoms with Crippen LogP contribution in [-0.4, -0.2) is 25.1 Å². The summed E-state index contributed by atoms with van der Waals surface area (Å²) in [5.41, 5.74) is 1.09. The molecule has 0 bridgehead atoms. The van der Waals surface area contributed by atoms with Crippen LogP contribution in [0.3, 0.4) is 0 Å². The van der Waals surface area contributed by atoms with E-state index in [1.165, 1.54) is 6.33 Å². The average molecular weight is 283 g/mol. The van der Waals surface area contributed by atoms with Crippen LogP contribution in [0, 0.1) is 0 Å². The first-order valence-corrected chi connectivity index (χ1v) is 6.42. The minimum Gasteiger partial charge on any atom is -0.350 e. The molecule has 7 nitrogen and oxygen atoms in total. The van der Waals surface area contributed by atoms with Gasteiger partial charge in [0.25, 0.3) is 5.56 Å². The molecule has 0 atom stereocenters.